The predicted octanol–water partition coefficient (Wildman–Crippen LogP) is -1.02. The summed E-state index contributed by atoms with van der Waals surface area (Å²) in [4.78, 5) is 0. The third kappa shape index (κ3) is 7.49. The zero-order valence-corrected chi connectivity index (χ0v) is 7.73. The van der Waals surface area contributed by atoms with Crippen LogP contribution >= 0.6 is 11.8 Å². The Morgan fingerprint density at radius 2 is 1.14 bits per heavy atom. The summed E-state index contributed by atoms with van der Waals surface area (Å²) in [6.45, 7) is 0. The van der Waals surface area contributed by atoms with Crippen molar-refractivity contribution in [3.63, 3.8) is 0 Å². The summed E-state index contributed by atoms with van der Waals surface area (Å²) in [7, 11) is 0. The summed E-state index contributed by atoms with van der Waals surface area (Å²) >= 11 is -0.409. The first-order chi connectivity index (χ1) is 3.13. The van der Waals surface area contributed by atoms with E-state index in [0.717, 1.165) is 0 Å². The van der Waals surface area contributed by atoms with Crippen LogP contribution < -0.4 is 22.0 Å². The molecule has 0 aromatic rings. The summed E-state index contributed by atoms with van der Waals surface area (Å²) < 4.78 is 0. The Hall–Kier alpha value is 1.49. The molecule has 7 heavy (non-hydrogen) atoms. The van der Waals surface area contributed by atoms with E-state index in [4.69, 9.17) is 22.0 Å². The number of hydrogen-bond acceptors (Lipinski definition) is 4. The molecule has 44 valence electrons. The maximum absolute atomic E-state index is 5.25. The van der Waals surface area contributed by atoms with Gasteiger partial charge in [0.15, 0.2) is 0 Å². The van der Waals surface area contributed by atoms with Crippen LogP contribution in [0.5, 0.6) is 0 Å². The topological polar surface area (TPSA) is 104 Å². The zero-order chi connectivity index (χ0) is 5.86. The van der Waals surface area contributed by atoms with Gasteiger partial charge in [0.1, 0.15) is 0 Å². The molecule has 0 aromatic carbocycles. The van der Waals surface area contributed by atoms with Crippen LogP contribution in [0.25, 0.3) is 0 Å². The summed E-state index contributed by atoms with van der Waals surface area (Å²) in [6, 6.07) is 0. The summed E-state index contributed by atoms with van der Waals surface area (Å²) in [5.74, 6) is -1.46. The van der Waals surface area contributed by atoms with E-state index < -0.39 is 31.7 Å². The molecule has 0 amide bonds. The van der Waals surface area contributed by atoms with Gasteiger partial charge in [-0.15, -0.1) is 0 Å². The maximum atomic E-state index is 5.25. The van der Waals surface area contributed by atoms with Crippen LogP contribution in [0.1, 0.15) is 0 Å². The summed E-state index contributed by atoms with van der Waals surface area (Å²) in [6.07, 6.45) is 0. The molecule has 0 unspecified atom stereocenters. The molecule has 0 bridgehead atoms. The Kier molecular flexibility index (Phi) is 5.31. The molecule has 0 aliphatic rings. The molecule has 0 rings (SSSR count). The van der Waals surface area contributed by atoms with Gasteiger partial charge < -0.3 is 0 Å². The van der Waals surface area contributed by atoms with Gasteiger partial charge in [-0.05, 0) is 0 Å². The van der Waals surface area contributed by atoms with Crippen LogP contribution in [0.15, 0.2) is 0 Å². The van der Waals surface area contributed by atoms with Crippen molar-refractivity contribution in [1.82, 2.24) is 0 Å². The van der Waals surface area contributed by atoms with Gasteiger partial charge in [-0.2, -0.15) is 0 Å². The van der Waals surface area contributed by atoms with E-state index in [-0.39, 0.29) is 0 Å². The van der Waals surface area contributed by atoms with Crippen molar-refractivity contribution in [1.29, 1.82) is 0 Å². The molecule has 0 heterocycles. The van der Waals surface area contributed by atoms with Gasteiger partial charge in [0, 0.05) is 0 Å². The Morgan fingerprint density at radius 1 is 0.857 bits per heavy atom. The third-order valence-electron chi connectivity index (χ3n) is 0.189. The van der Waals surface area contributed by atoms with Gasteiger partial charge in [0.25, 0.3) is 0 Å². The fourth-order valence-electron chi connectivity index (χ4n) is 0.109. The van der Waals surface area contributed by atoms with Gasteiger partial charge >= 0.3 is 53.7 Å². The standard InChI is InChI=1S/H8N4P2Te/c1-5(2)7-6(3)4/h1-4H2. The molecule has 0 radical (unpaired) electrons. The van der Waals surface area contributed by atoms with E-state index in [2.05, 4.69) is 0 Å². The van der Waals surface area contributed by atoms with Crippen molar-refractivity contribution in [2.24, 2.45) is 22.0 Å². The first-order valence-corrected chi connectivity index (χ1v) is 10.4. The first kappa shape index (κ1) is 8.49. The Labute approximate surface area is 53.9 Å². The van der Waals surface area contributed by atoms with Gasteiger partial charge in [-0.1, -0.05) is 0 Å². The van der Waals surface area contributed by atoms with E-state index in [1.54, 1.807) is 0 Å². The minimum absolute atomic E-state index is 0.409. The van der Waals surface area contributed by atoms with Crippen LogP contribution in [0.2, 0.25) is 0 Å². The summed E-state index contributed by atoms with van der Waals surface area (Å²) in [5, 5.41) is 0. The van der Waals surface area contributed by atoms with Crippen molar-refractivity contribution in [2.45, 2.75) is 0 Å². The quantitative estimate of drug-likeness (QED) is 0.373. The van der Waals surface area contributed by atoms with Crippen molar-refractivity contribution in [3.8, 4) is 0 Å². The van der Waals surface area contributed by atoms with Gasteiger partial charge in [0.2, 0.25) is 0 Å². The molecular formula is H8N4P2Te. The third-order valence-corrected chi connectivity index (χ3v) is 11.4. The Morgan fingerprint density at radius 3 is 1.14 bits per heavy atom. The molecule has 0 aliphatic carbocycles. The van der Waals surface area contributed by atoms with E-state index in [9.17, 15) is 0 Å². The second-order valence-electron chi connectivity index (χ2n) is 0.801. The average molecular weight is 254 g/mol. The average Bonchev–Trinajstić information content (AvgIpc) is 1.27. The van der Waals surface area contributed by atoms with Crippen molar-refractivity contribution < 1.29 is 0 Å². The number of rotatable bonds is 2. The summed E-state index contributed by atoms with van der Waals surface area (Å²) in [5.41, 5.74) is 21.0. The predicted molar refractivity (Wildman–Crippen MR) is 36.3 cm³/mol. The van der Waals surface area contributed by atoms with Crippen LogP contribution in [0.4, 0.5) is 0 Å². The van der Waals surface area contributed by atoms with Crippen LogP contribution in [0.3, 0.4) is 0 Å². The number of nitrogens with two attached hydrogens (primary N) is 4. The zero-order valence-electron chi connectivity index (χ0n) is 3.61. The van der Waals surface area contributed by atoms with Gasteiger partial charge in [0.05, 0.1) is 0 Å². The molecule has 4 nitrogen and oxygen atoms in total. The van der Waals surface area contributed by atoms with E-state index in [0.29, 0.717) is 0 Å². The fourth-order valence-corrected chi connectivity index (χ4v) is 6.57. The molecule has 7 heteroatoms. The molecule has 0 aliphatic heterocycles. The number of hydrogen-bond donors (Lipinski definition) is 4. The first-order valence-electron chi connectivity index (χ1n) is 1.40. The fraction of sp³-hybridized carbons (Fsp3) is 0. The molecule has 0 atom stereocenters. The molecule has 0 saturated heterocycles. The molecule has 0 spiro atoms. The molecule has 8 N–H and O–H groups in total. The normalized spacial score (nSPS) is 11.1. The Bertz CT molecular complexity index is 39.0. The van der Waals surface area contributed by atoms with Crippen LogP contribution in [-0.4, -0.2) is 19.8 Å². The van der Waals surface area contributed by atoms with Gasteiger partial charge in [-0.25, -0.2) is 0 Å². The van der Waals surface area contributed by atoms with Crippen molar-refractivity contribution >= 4 is 31.7 Å². The molecule has 0 fully saturated rings. The molecule has 0 saturated carbocycles. The van der Waals surface area contributed by atoms with E-state index in [1.807, 2.05) is 0 Å². The van der Waals surface area contributed by atoms with Crippen LogP contribution in [-0.2, 0) is 0 Å². The Balaban J connectivity index is 2.95. The van der Waals surface area contributed by atoms with Gasteiger partial charge in [-0.3, -0.25) is 0 Å². The van der Waals surface area contributed by atoms with E-state index in [1.165, 1.54) is 0 Å². The van der Waals surface area contributed by atoms with Crippen molar-refractivity contribution in [3.05, 3.63) is 0 Å². The second kappa shape index (κ2) is 4.38. The second-order valence-corrected chi connectivity index (χ2v) is 14.3. The SMILES string of the molecule is NP(N)[Te]P(N)N. The molecule has 0 aromatic heterocycles. The monoisotopic (exact) mass is 256 g/mol. The van der Waals surface area contributed by atoms with Crippen molar-refractivity contribution in [2.75, 3.05) is 0 Å². The van der Waals surface area contributed by atoms with E-state index >= 15 is 0 Å². The minimum atomic E-state index is -0.731. The van der Waals surface area contributed by atoms with Crippen LogP contribution in [0, 0.1) is 0 Å². The molecular weight excluding hydrogens is 246 g/mol.